The Morgan fingerprint density at radius 3 is 3.00 bits per heavy atom. The Balaban J connectivity index is 1.50. The molecule has 1 atom stereocenters. The van der Waals surface area contributed by atoms with Crippen LogP contribution in [0.3, 0.4) is 0 Å². The average molecular weight is 380 g/mol. The summed E-state index contributed by atoms with van der Waals surface area (Å²) in [5.41, 5.74) is 1.93. The summed E-state index contributed by atoms with van der Waals surface area (Å²) < 4.78 is 10.8. The summed E-state index contributed by atoms with van der Waals surface area (Å²) in [4.78, 5) is 25.9. The molecule has 2 aromatic rings. The number of benzene rings is 1. The molecule has 3 rings (SSSR count). The number of hydrogen-bond donors (Lipinski definition) is 0. The molecule has 7 heteroatoms. The molecular weight excluding hydrogens is 362 g/mol. The van der Waals surface area contributed by atoms with Crippen LogP contribution in [0, 0.1) is 5.92 Å². The van der Waals surface area contributed by atoms with Crippen LogP contribution in [-0.2, 0) is 27.3 Å². The number of thiophene rings is 1. The van der Waals surface area contributed by atoms with Gasteiger partial charge in [-0.2, -0.15) is 11.3 Å². The van der Waals surface area contributed by atoms with Crippen LogP contribution in [0.5, 0.6) is 5.75 Å². The van der Waals surface area contributed by atoms with Crippen molar-refractivity contribution in [1.29, 1.82) is 0 Å². The zero-order chi connectivity index (χ0) is 17.8. The van der Waals surface area contributed by atoms with Gasteiger partial charge in [-0.25, -0.2) is 0 Å². The molecule has 0 saturated heterocycles. The Hall–Kier alpha value is -2.05. The molecule has 1 aromatic carbocycles. The van der Waals surface area contributed by atoms with E-state index < -0.39 is 11.9 Å². The van der Waals surface area contributed by atoms with Crippen molar-refractivity contribution < 1.29 is 19.1 Å². The number of halogens is 1. The van der Waals surface area contributed by atoms with E-state index in [2.05, 4.69) is 0 Å². The van der Waals surface area contributed by atoms with Gasteiger partial charge in [0.25, 0.3) is 5.91 Å². The average Bonchev–Trinajstić information content (AvgIpc) is 3.11. The minimum Gasteiger partial charge on any atom is -0.492 e. The van der Waals surface area contributed by atoms with E-state index in [9.17, 15) is 9.59 Å². The van der Waals surface area contributed by atoms with E-state index in [1.165, 1.54) is 0 Å². The zero-order valence-corrected chi connectivity index (χ0v) is 15.3. The van der Waals surface area contributed by atoms with Crippen LogP contribution in [0.2, 0.25) is 5.02 Å². The lowest BCUT2D eigenvalue weighted by molar-refractivity contribution is -0.156. The van der Waals surface area contributed by atoms with Gasteiger partial charge in [-0.05, 0) is 52.6 Å². The summed E-state index contributed by atoms with van der Waals surface area (Å²) in [6.07, 6.45) is 0.494. The first-order valence-electron chi connectivity index (χ1n) is 7.86. The van der Waals surface area contributed by atoms with Crippen LogP contribution in [0.15, 0.2) is 35.0 Å². The third-order valence-electron chi connectivity index (χ3n) is 4.03. The molecule has 1 aromatic heterocycles. The van der Waals surface area contributed by atoms with Crippen molar-refractivity contribution >= 4 is 34.8 Å². The Morgan fingerprint density at radius 1 is 1.40 bits per heavy atom. The summed E-state index contributed by atoms with van der Waals surface area (Å²) >= 11 is 7.56. The monoisotopic (exact) mass is 379 g/mol. The van der Waals surface area contributed by atoms with Crippen LogP contribution in [0.4, 0.5) is 0 Å². The first kappa shape index (κ1) is 17.8. The standard InChI is InChI=1S/C18H18ClNO4S/c1-20(8-12-4-5-25-11-12)17(21)10-24-18(22)14-6-13-7-15(19)2-3-16(13)23-9-14/h2-5,7,11,14H,6,8-10H2,1H3/t14-/m1/s1. The van der Waals surface area contributed by atoms with Crippen molar-refractivity contribution in [3.63, 3.8) is 0 Å². The van der Waals surface area contributed by atoms with Crippen molar-refractivity contribution in [1.82, 2.24) is 4.90 Å². The largest absolute Gasteiger partial charge is 0.492 e. The number of nitrogens with zero attached hydrogens (tertiary/aromatic N) is 1. The predicted octanol–water partition coefficient (Wildman–Crippen LogP) is 3.15. The SMILES string of the molecule is CN(Cc1ccsc1)C(=O)COC(=O)[C@H]1COc2ccc(Cl)cc2C1. The number of esters is 1. The van der Waals surface area contributed by atoms with Gasteiger partial charge in [-0.1, -0.05) is 11.6 Å². The number of carbonyl (C=O) groups excluding carboxylic acids is 2. The minimum atomic E-state index is -0.430. The van der Waals surface area contributed by atoms with Crippen molar-refractivity contribution in [2.75, 3.05) is 20.3 Å². The first-order valence-corrected chi connectivity index (χ1v) is 9.18. The summed E-state index contributed by atoms with van der Waals surface area (Å²) in [5, 5.41) is 4.54. The fourth-order valence-electron chi connectivity index (χ4n) is 2.62. The Bertz CT molecular complexity index is 762. The number of carbonyl (C=O) groups is 2. The molecular formula is C18H18ClNO4S. The van der Waals surface area contributed by atoms with Crippen molar-refractivity contribution in [3.05, 3.63) is 51.2 Å². The minimum absolute atomic E-state index is 0.236. The predicted molar refractivity (Wildman–Crippen MR) is 95.9 cm³/mol. The van der Waals surface area contributed by atoms with E-state index in [1.807, 2.05) is 16.8 Å². The van der Waals surface area contributed by atoms with E-state index in [-0.39, 0.29) is 19.1 Å². The van der Waals surface area contributed by atoms with Crippen LogP contribution in [-0.4, -0.2) is 37.0 Å². The molecule has 2 heterocycles. The van der Waals surface area contributed by atoms with Crippen molar-refractivity contribution in [3.8, 4) is 5.75 Å². The summed E-state index contributed by atoms with van der Waals surface area (Å²) in [7, 11) is 1.69. The Kier molecular flexibility index (Phi) is 5.60. The number of rotatable bonds is 5. The highest BCUT2D eigenvalue weighted by Gasteiger charge is 2.28. The second-order valence-electron chi connectivity index (χ2n) is 5.95. The molecule has 5 nitrogen and oxygen atoms in total. The second-order valence-corrected chi connectivity index (χ2v) is 7.17. The molecule has 1 aliphatic heterocycles. The number of ether oxygens (including phenoxy) is 2. The summed E-state index contributed by atoms with van der Waals surface area (Å²) in [6, 6.07) is 7.29. The molecule has 0 spiro atoms. The van der Waals surface area contributed by atoms with E-state index >= 15 is 0 Å². The van der Waals surface area contributed by atoms with Gasteiger partial charge in [-0.3, -0.25) is 9.59 Å². The molecule has 0 aliphatic carbocycles. The molecule has 1 amide bonds. The summed E-state index contributed by atoms with van der Waals surface area (Å²) in [6.45, 7) is 0.475. The normalized spacial score (nSPS) is 15.8. The van der Waals surface area contributed by atoms with Crippen LogP contribution in [0.25, 0.3) is 0 Å². The van der Waals surface area contributed by atoms with Crippen LogP contribution >= 0.6 is 22.9 Å². The molecule has 0 fully saturated rings. The van der Waals surface area contributed by atoms with E-state index in [0.717, 1.165) is 16.9 Å². The highest BCUT2D eigenvalue weighted by atomic mass is 35.5. The molecule has 0 bridgehead atoms. The Labute approximate surface area is 155 Å². The number of hydrogen-bond acceptors (Lipinski definition) is 5. The molecule has 132 valence electrons. The third-order valence-corrected chi connectivity index (χ3v) is 4.99. The van der Waals surface area contributed by atoms with Crippen LogP contribution in [0.1, 0.15) is 11.1 Å². The maximum atomic E-state index is 12.2. The highest BCUT2D eigenvalue weighted by molar-refractivity contribution is 7.07. The van der Waals surface area contributed by atoms with Gasteiger partial charge in [0.05, 0.1) is 5.92 Å². The van der Waals surface area contributed by atoms with Gasteiger partial charge in [0, 0.05) is 18.6 Å². The molecule has 1 aliphatic rings. The molecule has 0 unspecified atom stereocenters. The lowest BCUT2D eigenvalue weighted by Gasteiger charge is -2.24. The van der Waals surface area contributed by atoms with Gasteiger partial charge < -0.3 is 14.4 Å². The van der Waals surface area contributed by atoms with Gasteiger partial charge in [0.1, 0.15) is 12.4 Å². The second kappa shape index (κ2) is 7.89. The van der Waals surface area contributed by atoms with E-state index in [4.69, 9.17) is 21.1 Å². The van der Waals surface area contributed by atoms with Gasteiger partial charge in [0.15, 0.2) is 6.61 Å². The fourth-order valence-corrected chi connectivity index (χ4v) is 3.47. The topological polar surface area (TPSA) is 55.8 Å². The molecule has 25 heavy (non-hydrogen) atoms. The fraction of sp³-hybridized carbons (Fsp3) is 0.333. The first-order chi connectivity index (χ1) is 12.0. The Morgan fingerprint density at radius 2 is 2.24 bits per heavy atom. The molecule has 0 saturated carbocycles. The van der Waals surface area contributed by atoms with Crippen molar-refractivity contribution in [2.45, 2.75) is 13.0 Å². The maximum absolute atomic E-state index is 12.2. The van der Waals surface area contributed by atoms with Crippen molar-refractivity contribution in [2.24, 2.45) is 5.92 Å². The zero-order valence-electron chi connectivity index (χ0n) is 13.7. The van der Waals surface area contributed by atoms with E-state index in [0.29, 0.717) is 18.0 Å². The maximum Gasteiger partial charge on any atom is 0.313 e. The molecule has 0 N–H and O–H groups in total. The number of amides is 1. The van der Waals surface area contributed by atoms with Gasteiger partial charge in [-0.15, -0.1) is 0 Å². The van der Waals surface area contributed by atoms with E-state index in [1.54, 1.807) is 41.5 Å². The highest BCUT2D eigenvalue weighted by Crippen LogP contribution is 2.30. The third kappa shape index (κ3) is 4.52. The van der Waals surface area contributed by atoms with Crippen LogP contribution < -0.4 is 4.74 Å². The smallest absolute Gasteiger partial charge is 0.313 e. The summed E-state index contributed by atoms with van der Waals surface area (Å²) in [5.74, 6) is -0.358. The number of fused-ring (bicyclic) bond motifs is 1. The quantitative estimate of drug-likeness (QED) is 0.749. The van der Waals surface area contributed by atoms with Gasteiger partial charge in [0.2, 0.25) is 0 Å². The lowest BCUT2D eigenvalue weighted by atomic mass is 9.97. The number of likely N-dealkylation sites (N-methyl/N-ethyl adjacent to an activating group) is 1. The van der Waals surface area contributed by atoms with Gasteiger partial charge >= 0.3 is 5.97 Å². The lowest BCUT2D eigenvalue weighted by Crippen LogP contribution is -2.34. The molecule has 0 radical (unpaired) electrons.